The highest BCUT2D eigenvalue weighted by molar-refractivity contribution is 5.79. The highest BCUT2D eigenvalue weighted by Gasteiger charge is 2.33. The van der Waals surface area contributed by atoms with Gasteiger partial charge in [0.1, 0.15) is 23.0 Å². The highest BCUT2D eigenvalue weighted by atomic mass is 19.1. The molecule has 4 rings (SSSR count). The van der Waals surface area contributed by atoms with Crippen LogP contribution in [0, 0.1) is 11.6 Å². The summed E-state index contributed by atoms with van der Waals surface area (Å²) < 4.78 is 26.6. The summed E-state index contributed by atoms with van der Waals surface area (Å²) in [6.45, 7) is 0. The molecule has 26 heavy (non-hydrogen) atoms. The first kappa shape index (κ1) is 16.4. The highest BCUT2D eigenvalue weighted by Crippen LogP contribution is 2.35. The molecule has 0 heterocycles. The molecular formula is C19H14F2N2O3. The van der Waals surface area contributed by atoms with Gasteiger partial charge in [0, 0.05) is 18.2 Å². The molecular weight excluding hydrogens is 342 g/mol. The number of anilines is 3. The number of benzene rings is 2. The lowest BCUT2D eigenvalue weighted by Crippen LogP contribution is -2.38. The second-order valence-corrected chi connectivity index (χ2v) is 6.28. The Kier molecular flexibility index (Phi) is 3.81. The molecule has 0 saturated heterocycles. The second-order valence-electron chi connectivity index (χ2n) is 6.28. The molecule has 0 aromatic heterocycles. The maximum absolute atomic E-state index is 13.3. The summed E-state index contributed by atoms with van der Waals surface area (Å²) >= 11 is 0. The summed E-state index contributed by atoms with van der Waals surface area (Å²) in [4.78, 5) is 23.8. The quantitative estimate of drug-likeness (QED) is 0.626. The zero-order valence-corrected chi connectivity index (χ0v) is 13.4. The lowest BCUT2D eigenvalue weighted by Gasteiger charge is -2.22. The van der Waals surface area contributed by atoms with E-state index in [4.69, 9.17) is 0 Å². The molecule has 3 N–H and O–H groups in total. The molecule has 3 aromatic rings. The topological polar surface area (TPSA) is 78.4 Å². The molecule has 0 fully saturated rings. The van der Waals surface area contributed by atoms with Gasteiger partial charge in [0.05, 0.1) is 12.1 Å². The van der Waals surface area contributed by atoms with Crippen molar-refractivity contribution in [3.05, 3.63) is 85.7 Å². The van der Waals surface area contributed by atoms with Crippen molar-refractivity contribution in [2.24, 2.45) is 0 Å². The van der Waals surface area contributed by atoms with Gasteiger partial charge >= 0.3 is 0 Å². The van der Waals surface area contributed by atoms with Gasteiger partial charge < -0.3 is 15.7 Å². The molecule has 0 aliphatic heterocycles. The number of hydrogen-bond acceptors (Lipinski definition) is 5. The third kappa shape index (κ3) is 2.66. The predicted octanol–water partition coefficient (Wildman–Crippen LogP) is 2.37. The van der Waals surface area contributed by atoms with Crippen molar-refractivity contribution >= 4 is 17.1 Å². The van der Waals surface area contributed by atoms with Crippen molar-refractivity contribution in [2.45, 2.75) is 18.6 Å². The van der Waals surface area contributed by atoms with Crippen LogP contribution >= 0.6 is 0 Å². The summed E-state index contributed by atoms with van der Waals surface area (Å²) in [5.41, 5.74) is 0.231. The van der Waals surface area contributed by atoms with Crippen molar-refractivity contribution < 1.29 is 13.9 Å². The molecule has 1 aliphatic carbocycles. The van der Waals surface area contributed by atoms with Crippen LogP contribution in [0.25, 0.3) is 0 Å². The van der Waals surface area contributed by atoms with Gasteiger partial charge in [-0.3, -0.25) is 9.59 Å². The Balaban J connectivity index is 1.64. The van der Waals surface area contributed by atoms with E-state index in [1.165, 1.54) is 0 Å². The van der Waals surface area contributed by atoms with Crippen LogP contribution < -0.4 is 21.5 Å². The Morgan fingerprint density at radius 3 is 2.35 bits per heavy atom. The van der Waals surface area contributed by atoms with Gasteiger partial charge in [0.2, 0.25) is 0 Å². The number of hydrogen-bond donors (Lipinski definition) is 3. The van der Waals surface area contributed by atoms with Crippen LogP contribution in [0.4, 0.5) is 25.8 Å². The number of aliphatic hydroxyl groups is 1. The average Bonchev–Trinajstić information content (AvgIpc) is 2.92. The third-order valence-corrected chi connectivity index (χ3v) is 4.55. The maximum Gasteiger partial charge on any atom is 0.253 e. The Labute approximate surface area is 146 Å². The monoisotopic (exact) mass is 356 g/mol. The Hall–Kier alpha value is -3.06. The van der Waals surface area contributed by atoms with E-state index in [1.54, 1.807) is 0 Å². The van der Waals surface area contributed by atoms with Crippen LogP contribution in [0.2, 0.25) is 0 Å². The molecule has 7 heteroatoms. The minimum absolute atomic E-state index is 0.000391. The van der Waals surface area contributed by atoms with Crippen LogP contribution in [0.3, 0.4) is 0 Å². The SMILES string of the molecule is O=c1c(Nc2cc(F)cc(F)c2)c(N[C@H]2c3ccccc3C[C@H]2O)c1=O. The average molecular weight is 356 g/mol. The number of aliphatic hydroxyl groups excluding tert-OH is 1. The van der Waals surface area contributed by atoms with Crippen LogP contribution in [-0.4, -0.2) is 11.2 Å². The molecule has 5 nitrogen and oxygen atoms in total. The standard InChI is InChI=1S/C19H14F2N2O3/c20-10-6-11(21)8-12(7-10)22-16-17(19(26)18(16)25)23-15-13-4-2-1-3-9(13)5-14(15)24/h1-4,6-8,14-15,22-24H,5H2/t14-,15+/m1/s1. The lowest BCUT2D eigenvalue weighted by atomic mass is 10.1. The zero-order valence-electron chi connectivity index (χ0n) is 13.4. The summed E-state index contributed by atoms with van der Waals surface area (Å²) in [6, 6.07) is 9.60. The number of halogens is 2. The summed E-state index contributed by atoms with van der Waals surface area (Å²) in [5.74, 6) is -1.61. The molecule has 132 valence electrons. The van der Waals surface area contributed by atoms with Crippen molar-refractivity contribution in [1.29, 1.82) is 0 Å². The van der Waals surface area contributed by atoms with E-state index in [2.05, 4.69) is 10.6 Å². The third-order valence-electron chi connectivity index (χ3n) is 4.55. The van der Waals surface area contributed by atoms with E-state index >= 15 is 0 Å². The Morgan fingerprint density at radius 1 is 0.962 bits per heavy atom. The van der Waals surface area contributed by atoms with E-state index in [1.807, 2.05) is 24.3 Å². The van der Waals surface area contributed by atoms with Crippen LogP contribution in [0.5, 0.6) is 0 Å². The fourth-order valence-corrected chi connectivity index (χ4v) is 3.32. The summed E-state index contributed by atoms with van der Waals surface area (Å²) in [5, 5.41) is 15.8. The van der Waals surface area contributed by atoms with Crippen molar-refractivity contribution in [1.82, 2.24) is 0 Å². The molecule has 0 amide bonds. The fraction of sp³-hybridized carbons (Fsp3) is 0.158. The first-order valence-corrected chi connectivity index (χ1v) is 8.03. The number of rotatable bonds is 4. The van der Waals surface area contributed by atoms with E-state index in [0.29, 0.717) is 12.5 Å². The molecule has 0 bridgehead atoms. The number of nitrogens with one attached hydrogen (secondary N) is 2. The van der Waals surface area contributed by atoms with Crippen LogP contribution in [0.15, 0.2) is 52.1 Å². The van der Waals surface area contributed by atoms with Crippen molar-refractivity contribution in [2.75, 3.05) is 10.6 Å². The molecule has 0 saturated carbocycles. The van der Waals surface area contributed by atoms with Crippen molar-refractivity contribution in [3.8, 4) is 0 Å². The van der Waals surface area contributed by atoms with Gasteiger partial charge in [-0.1, -0.05) is 24.3 Å². The molecule has 0 spiro atoms. The van der Waals surface area contributed by atoms with Gasteiger partial charge in [-0.25, -0.2) is 8.78 Å². The van der Waals surface area contributed by atoms with Gasteiger partial charge in [-0.05, 0) is 23.3 Å². The fourth-order valence-electron chi connectivity index (χ4n) is 3.32. The molecule has 0 radical (unpaired) electrons. The van der Waals surface area contributed by atoms with Crippen LogP contribution in [0.1, 0.15) is 17.2 Å². The second kappa shape index (κ2) is 6.03. The van der Waals surface area contributed by atoms with Crippen LogP contribution in [-0.2, 0) is 6.42 Å². The smallest absolute Gasteiger partial charge is 0.253 e. The zero-order chi connectivity index (χ0) is 18.4. The van der Waals surface area contributed by atoms with E-state index < -0.39 is 34.6 Å². The van der Waals surface area contributed by atoms with Crippen molar-refractivity contribution in [3.63, 3.8) is 0 Å². The predicted molar refractivity (Wildman–Crippen MR) is 93.5 cm³/mol. The van der Waals surface area contributed by atoms with Gasteiger partial charge in [0.15, 0.2) is 0 Å². The van der Waals surface area contributed by atoms with E-state index in [9.17, 15) is 23.5 Å². The van der Waals surface area contributed by atoms with E-state index in [0.717, 1.165) is 23.3 Å². The summed E-state index contributed by atoms with van der Waals surface area (Å²) in [7, 11) is 0. The largest absolute Gasteiger partial charge is 0.390 e. The van der Waals surface area contributed by atoms with Gasteiger partial charge in [-0.15, -0.1) is 0 Å². The first-order valence-electron chi connectivity index (χ1n) is 8.03. The Morgan fingerprint density at radius 2 is 1.62 bits per heavy atom. The Bertz CT molecular complexity index is 1050. The first-order chi connectivity index (χ1) is 12.4. The lowest BCUT2D eigenvalue weighted by molar-refractivity contribution is 0.166. The number of fused-ring (bicyclic) bond motifs is 1. The molecule has 0 unspecified atom stereocenters. The summed E-state index contributed by atoms with van der Waals surface area (Å²) in [6.07, 6.45) is -0.322. The normalized spacial score (nSPS) is 18.7. The van der Waals surface area contributed by atoms with E-state index in [-0.39, 0.29) is 17.1 Å². The minimum atomic E-state index is -0.805. The molecule has 1 aliphatic rings. The maximum atomic E-state index is 13.3. The minimum Gasteiger partial charge on any atom is -0.390 e. The van der Waals surface area contributed by atoms with Gasteiger partial charge in [-0.2, -0.15) is 0 Å². The molecule has 3 aromatic carbocycles. The molecule has 2 atom stereocenters. The van der Waals surface area contributed by atoms with Gasteiger partial charge in [0.25, 0.3) is 10.9 Å².